The highest BCUT2D eigenvalue weighted by Gasteiger charge is 2.14. The molecule has 0 saturated heterocycles. The van der Waals surface area contributed by atoms with Crippen molar-refractivity contribution in [2.75, 3.05) is 10.7 Å². The molecule has 2 aromatic heterocycles. The van der Waals surface area contributed by atoms with Crippen molar-refractivity contribution < 1.29 is 0 Å². The summed E-state index contributed by atoms with van der Waals surface area (Å²) in [6.07, 6.45) is 3.82. The average molecular weight is 342 g/mol. The van der Waals surface area contributed by atoms with Gasteiger partial charge in [0.05, 0.1) is 10.5 Å². The topological polar surface area (TPSA) is 75.9 Å². The van der Waals surface area contributed by atoms with E-state index in [4.69, 9.17) is 5.84 Å². The van der Waals surface area contributed by atoms with E-state index in [2.05, 4.69) is 61.1 Å². The molecular formula is C12H16BrN5S. The van der Waals surface area contributed by atoms with Gasteiger partial charge in [0.2, 0.25) is 5.95 Å². The van der Waals surface area contributed by atoms with Crippen LogP contribution in [0.4, 0.5) is 11.8 Å². The number of nitrogens with two attached hydrogens (primary N) is 1. The summed E-state index contributed by atoms with van der Waals surface area (Å²) in [4.78, 5) is 9.66. The van der Waals surface area contributed by atoms with Gasteiger partial charge in [0.25, 0.3) is 0 Å². The lowest BCUT2D eigenvalue weighted by atomic mass is 10.1. The second-order valence-corrected chi connectivity index (χ2v) is 5.87. The molecule has 2 heterocycles. The number of hydrazine groups is 1. The van der Waals surface area contributed by atoms with Crippen molar-refractivity contribution in [2.24, 2.45) is 5.84 Å². The molecule has 0 saturated carbocycles. The maximum atomic E-state index is 5.34. The van der Waals surface area contributed by atoms with Crippen LogP contribution in [0.2, 0.25) is 0 Å². The summed E-state index contributed by atoms with van der Waals surface area (Å²) in [5.74, 6) is 6.48. The summed E-state index contributed by atoms with van der Waals surface area (Å²) in [6, 6.07) is 4.45. The first kappa shape index (κ1) is 14.2. The molecule has 1 atom stereocenters. The molecular weight excluding hydrogens is 326 g/mol. The van der Waals surface area contributed by atoms with Gasteiger partial charge < -0.3 is 5.32 Å². The number of anilines is 2. The maximum Gasteiger partial charge on any atom is 0.239 e. The lowest BCUT2D eigenvalue weighted by Gasteiger charge is -2.18. The molecule has 2 rings (SSSR count). The smallest absolute Gasteiger partial charge is 0.239 e. The number of hydrogen-bond acceptors (Lipinski definition) is 6. The van der Waals surface area contributed by atoms with Crippen molar-refractivity contribution in [1.29, 1.82) is 0 Å². The van der Waals surface area contributed by atoms with Crippen LogP contribution < -0.4 is 16.6 Å². The molecule has 0 spiro atoms. The molecule has 0 amide bonds. The summed E-state index contributed by atoms with van der Waals surface area (Å²) in [6.45, 7) is 2.17. The Hall–Kier alpha value is -1.18. The highest BCUT2D eigenvalue weighted by Crippen LogP contribution is 2.30. The van der Waals surface area contributed by atoms with Gasteiger partial charge in [-0.05, 0) is 33.8 Å². The molecule has 0 aromatic carbocycles. The monoisotopic (exact) mass is 341 g/mol. The van der Waals surface area contributed by atoms with E-state index in [1.807, 2.05) is 0 Å². The molecule has 0 aliphatic heterocycles. The zero-order valence-corrected chi connectivity index (χ0v) is 13.0. The van der Waals surface area contributed by atoms with Gasteiger partial charge in [0, 0.05) is 11.1 Å². The average Bonchev–Trinajstić information content (AvgIpc) is 2.94. The number of aromatic nitrogens is 2. The van der Waals surface area contributed by atoms with Gasteiger partial charge in [0.1, 0.15) is 5.82 Å². The second-order valence-electron chi connectivity index (χ2n) is 4.04. The van der Waals surface area contributed by atoms with E-state index in [0.717, 1.165) is 23.1 Å². The van der Waals surface area contributed by atoms with Crippen LogP contribution in [-0.2, 0) is 0 Å². The minimum Gasteiger partial charge on any atom is -0.361 e. The molecule has 102 valence electrons. The molecule has 0 bridgehead atoms. The molecule has 7 heteroatoms. The van der Waals surface area contributed by atoms with Crippen molar-refractivity contribution in [3.8, 4) is 0 Å². The maximum absolute atomic E-state index is 5.34. The molecule has 0 radical (unpaired) electrons. The Bertz CT molecular complexity index is 517. The fourth-order valence-electron chi connectivity index (χ4n) is 1.77. The third-order valence-electron chi connectivity index (χ3n) is 2.65. The van der Waals surface area contributed by atoms with Crippen LogP contribution in [0.5, 0.6) is 0 Å². The van der Waals surface area contributed by atoms with E-state index >= 15 is 0 Å². The fraction of sp³-hybridized carbons (Fsp3) is 0.333. The van der Waals surface area contributed by atoms with Crippen LogP contribution in [0.1, 0.15) is 30.7 Å². The van der Waals surface area contributed by atoms with Crippen LogP contribution in [0.25, 0.3) is 0 Å². The Morgan fingerprint density at radius 1 is 1.53 bits per heavy atom. The van der Waals surface area contributed by atoms with Gasteiger partial charge in [-0.3, -0.25) is 5.43 Å². The highest BCUT2D eigenvalue weighted by atomic mass is 79.9. The summed E-state index contributed by atoms with van der Waals surface area (Å²) >= 11 is 5.19. The molecule has 19 heavy (non-hydrogen) atoms. The molecule has 0 aliphatic carbocycles. The second kappa shape index (κ2) is 6.83. The van der Waals surface area contributed by atoms with Crippen molar-refractivity contribution in [1.82, 2.24) is 9.97 Å². The van der Waals surface area contributed by atoms with E-state index in [1.165, 1.54) is 4.88 Å². The van der Waals surface area contributed by atoms with Crippen LogP contribution in [0.3, 0.4) is 0 Å². The largest absolute Gasteiger partial charge is 0.361 e. The fourth-order valence-corrected chi connectivity index (χ4v) is 2.88. The summed E-state index contributed by atoms with van der Waals surface area (Å²) in [5.41, 5.74) is 2.45. The lowest BCUT2D eigenvalue weighted by Crippen LogP contribution is -2.14. The molecule has 0 fully saturated rings. The zero-order chi connectivity index (χ0) is 13.7. The molecule has 2 aromatic rings. The zero-order valence-electron chi connectivity index (χ0n) is 10.6. The Kier molecular flexibility index (Phi) is 5.12. The first-order chi connectivity index (χ1) is 9.24. The van der Waals surface area contributed by atoms with E-state index in [1.54, 1.807) is 17.5 Å². The van der Waals surface area contributed by atoms with Gasteiger partial charge in [0.15, 0.2) is 0 Å². The lowest BCUT2D eigenvalue weighted by molar-refractivity contribution is 0.684. The molecule has 1 unspecified atom stereocenters. The quantitative estimate of drug-likeness (QED) is 0.553. The summed E-state index contributed by atoms with van der Waals surface area (Å²) in [5, 5.41) is 5.53. The SMILES string of the molecule is CCCC(Nc1nc(NN)ncc1Br)c1cccs1. The number of nitrogens with one attached hydrogen (secondary N) is 2. The van der Waals surface area contributed by atoms with Crippen LogP contribution in [-0.4, -0.2) is 9.97 Å². The van der Waals surface area contributed by atoms with Crippen molar-refractivity contribution in [3.63, 3.8) is 0 Å². The number of thiophene rings is 1. The van der Waals surface area contributed by atoms with Crippen molar-refractivity contribution >= 4 is 39.0 Å². The van der Waals surface area contributed by atoms with Gasteiger partial charge in [-0.15, -0.1) is 11.3 Å². The third kappa shape index (κ3) is 3.65. The van der Waals surface area contributed by atoms with Crippen LogP contribution in [0, 0.1) is 0 Å². The van der Waals surface area contributed by atoms with Gasteiger partial charge >= 0.3 is 0 Å². The summed E-state index contributed by atoms with van der Waals surface area (Å²) < 4.78 is 0.823. The van der Waals surface area contributed by atoms with Crippen LogP contribution >= 0.6 is 27.3 Å². The van der Waals surface area contributed by atoms with E-state index in [0.29, 0.717) is 5.95 Å². The molecule has 4 N–H and O–H groups in total. The number of halogens is 1. The standard InChI is InChI=1S/C12H16BrN5S/c1-2-4-9(10-5-3-6-19-10)16-11-8(13)7-15-12(17-11)18-14/h3,5-7,9H,2,4,14H2,1H3,(H2,15,16,17,18). The number of rotatable bonds is 6. The predicted molar refractivity (Wildman–Crippen MR) is 83.1 cm³/mol. The van der Waals surface area contributed by atoms with Crippen molar-refractivity contribution in [3.05, 3.63) is 33.1 Å². The minimum absolute atomic E-state index is 0.252. The van der Waals surface area contributed by atoms with E-state index in [-0.39, 0.29) is 6.04 Å². The number of nitrogens with zero attached hydrogens (tertiary/aromatic N) is 2. The van der Waals surface area contributed by atoms with E-state index in [9.17, 15) is 0 Å². The van der Waals surface area contributed by atoms with Gasteiger partial charge in [-0.1, -0.05) is 19.4 Å². The van der Waals surface area contributed by atoms with Gasteiger partial charge in [-0.25, -0.2) is 10.8 Å². The highest BCUT2D eigenvalue weighted by molar-refractivity contribution is 9.10. The Labute approximate surface area is 124 Å². The number of nitrogen functional groups attached to an aromatic ring is 1. The van der Waals surface area contributed by atoms with Gasteiger partial charge in [-0.2, -0.15) is 4.98 Å². The summed E-state index contributed by atoms with van der Waals surface area (Å²) in [7, 11) is 0. The molecule has 0 aliphatic rings. The molecule has 5 nitrogen and oxygen atoms in total. The number of hydrogen-bond donors (Lipinski definition) is 3. The van der Waals surface area contributed by atoms with E-state index < -0.39 is 0 Å². The van der Waals surface area contributed by atoms with Crippen molar-refractivity contribution in [2.45, 2.75) is 25.8 Å². The Balaban J connectivity index is 2.21. The predicted octanol–water partition coefficient (Wildman–Crippen LogP) is 3.54. The van der Waals surface area contributed by atoms with Crippen LogP contribution in [0.15, 0.2) is 28.2 Å². The first-order valence-corrected chi connectivity index (χ1v) is 7.71. The normalized spacial score (nSPS) is 12.2. The first-order valence-electron chi connectivity index (χ1n) is 6.03. The minimum atomic E-state index is 0.252. The third-order valence-corrected chi connectivity index (χ3v) is 4.21. The Morgan fingerprint density at radius 2 is 2.37 bits per heavy atom. The Morgan fingerprint density at radius 3 is 3.00 bits per heavy atom.